The first-order valence-corrected chi connectivity index (χ1v) is 5.89. The highest BCUT2D eigenvalue weighted by Crippen LogP contribution is 2.46. The molecule has 1 heteroatoms. The zero-order chi connectivity index (χ0) is 9.73. The van der Waals surface area contributed by atoms with Gasteiger partial charge >= 0.3 is 0 Å². The second-order valence-electron chi connectivity index (χ2n) is 4.81. The SMILES string of the molecule is CCCCCCCC[C@H]1C[C@@]1(C)O. The van der Waals surface area contributed by atoms with E-state index in [0.717, 1.165) is 6.42 Å². The summed E-state index contributed by atoms with van der Waals surface area (Å²) in [5.41, 5.74) is -0.288. The van der Waals surface area contributed by atoms with Crippen LogP contribution in [0.2, 0.25) is 0 Å². The van der Waals surface area contributed by atoms with E-state index in [9.17, 15) is 5.11 Å². The van der Waals surface area contributed by atoms with Gasteiger partial charge in [0, 0.05) is 0 Å². The zero-order valence-electron chi connectivity index (χ0n) is 9.18. The molecule has 0 saturated heterocycles. The summed E-state index contributed by atoms with van der Waals surface area (Å²) in [5.74, 6) is 0.624. The predicted molar refractivity (Wildman–Crippen MR) is 56.7 cm³/mol. The van der Waals surface area contributed by atoms with Crippen LogP contribution in [0.5, 0.6) is 0 Å². The Morgan fingerprint density at radius 1 is 1.15 bits per heavy atom. The van der Waals surface area contributed by atoms with Gasteiger partial charge in [0.1, 0.15) is 0 Å². The monoisotopic (exact) mass is 184 g/mol. The Labute approximate surface area is 82.5 Å². The van der Waals surface area contributed by atoms with Crippen LogP contribution in [0.1, 0.15) is 65.2 Å². The number of rotatable bonds is 7. The van der Waals surface area contributed by atoms with Gasteiger partial charge < -0.3 is 5.11 Å². The highest BCUT2D eigenvalue weighted by atomic mass is 16.3. The smallest absolute Gasteiger partial charge is 0.0652 e. The van der Waals surface area contributed by atoms with Crippen LogP contribution in [0.15, 0.2) is 0 Å². The highest BCUT2D eigenvalue weighted by molar-refractivity contribution is 4.98. The molecule has 1 aliphatic carbocycles. The van der Waals surface area contributed by atoms with Crippen LogP contribution in [-0.4, -0.2) is 10.7 Å². The summed E-state index contributed by atoms with van der Waals surface area (Å²) in [6, 6.07) is 0. The van der Waals surface area contributed by atoms with E-state index in [4.69, 9.17) is 0 Å². The van der Waals surface area contributed by atoms with Gasteiger partial charge in [0.05, 0.1) is 5.60 Å². The average molecular weight is 184 g/mol. The molecule has 78 valence electrons. The van der Waals surface area contributed by atoms with Crippen molar-refractivity contribution in [1.29, 1.82) is 0 Å². The molecular formula is C12H24O. The first-order chi connectivity index (χ1) is 6.17. The molecule has 1 aliphatic rings. The molecule has 1 saturated carbocycles. The van der Waals surface area contributed by atoms with Crippen molar-refractivity contribution < 1.29 is 5.11 Å². The van der Waals surface area contributed by atoms with Crippen molar-refractivity contribution in [3.63, 3.8) is 0 Å². The van der Waals surface area contributed by atoms with Gasteiger partial charge in [-0.15, -0.1) is 0 Å². The first kappa shape index (κ1) is 11.0. The maximum absolute atomic E-state index is 9.53. The average Bonchev–Trinajstić information content (AvgIpc) is 2.67. The van der Waals surface area contributed by atoms with E-state index in [1.165, 1.54) is 44.9 Å². The molecule has 0 bridgehead atoms. The lowest BCUT2D eigenvalue weighted by Gasteiger charge is -2.02. The van der Waals surface area contributed by atoms with E-state index < -0.39 is 0 Å². The molecule has 13 heavy (non-hydrogen) atoms. The molecule has 0 aromatic heterocycles. The van der Waals surface area contributed by atoms with E-state index in [1.807, 2.05) is 6.92 Å². The van der Waals surface area contributed by atoms with Crippen LogP contribution in [0.25, 0.3) is 0 Å². The first-order valence-electron chi connectivity index (χ1n) is 5.89. The van der Waals surface area contributed by atoms with Crippen LogP contribution in [0, 0.1) is 5.92 Å². The van der Waals surface area contributed by atoms with Gasteiger partial charge in [0.2, 0.25) is 0 Å². The highest BCUT2D eigenvalue weighted by Gasteiger charge is 2.47. The number of unbranched alkanes of at least 4 members (excludes halogenated alkanes) is 5. The number of hydrogen-bond acceptors (Lipinski definition) is 1. The van der Waals surface area contributed by atoms with Crippen molar-refractivity contribution in [2.45, 2.75) is 70.8 Å². The minimum Gasteiger partial charge on any atom is -0.390 e. The fourth-order valence-corrected chi connectivity index (χ4v) is 2.02. The lowest BCUT2D eigenvalue weighted by molar-refractivity contribution is 0.149. The van der Waals surface area contributed by atoms with E-state index >= 15 is 0 Å². The van der Waals surface area contributed by atoms with Crippen molar-refractivity contribution in [3.8, 4) is 0 Å². The van der Waals surface area contributed by atoms with Crippen LogP contribution in [0.3, 0.4) is 0 Å². The Kier molecular flexibility index (Phi) is 4.24. The molecule has 1 fully saturated rings. The molecule has 0 aliphatic heterocycles. The molecule has 1 N–H and O–H groups in total. The molecule has 0 spiro atoms. The van der Waals surface area contributed by atoms with E-state index in [2.05, 4.69) is 6.92 Å². The lowest BCUT2D eigenvalue weighted by Crippen LogP contribution is -2.02. The Bertz CT molecular complexity index is 140. The van der Waals surface area contributed by atoms with Crippen LogP contribution in [-0.2, 0) is 0 Å². The molecular weight excluding hydrogens is 160 g/mol. The molecule has 0 aromatic rings. The lowest BCUT2D eigenvalue weighted by atomic mass is 10.1. The Hall–Kier alpha value is -0.0400. The third-order valence-corrected chi connectivity index (χ3v) is 3.29. The van der Waals surface area contributed by atoms with Gasteiger partial charge in [-0.05, 0) is 25.7 Å². The third kappa shape index (κ3) is 4.12. The minimum absolute atomic E-state index is 0.288. The summed E-state index contributed by atoms with van der Waals surface area (Å²) < 4.78 is 0. The maximum atomic E-state index is 9.53. The molecule has 0 aromatic carbocycles. The van der Waals surface area contributed by atoms with Crippen molar-refractivity contribution >= 4 is 0 Å². The maximum Gasteiger partial charge on any atom is 0.0652 e. The van der Waals surface area contributed by atoms with E-state index in [-0.39, 0.29) is 5.60 Å². The van der Waals surface area contributed by atoms with E-state index in [1.54, 1.807) is 0 Å². The van der Waals surface area contributed by atoms with Crippen molar-refractivity contribution in [2.24, 2.45) is 5.92 Å². The quantitative estimate of drug-likeness (QED) is 0.600. The predicted octanol–water partition coefficient (Wildman–Crippen LogP) is 3.51. The molecule has 0 heterocycles. The number of hydrogen-bond donors (Lipinski definition) is 1. The summed E-state index contributed by atoms with van der Waals surface area (Å²) in [7, 11) is 0. The Morgan fingerprint density at radius 2 is 1.69 bits per heavy atom. The summed E-state index contributed by atoms with van der Waals surface area (Å²) in [5, 5.41) is 9.53. The van der Waals surface area contributed by atoms with Gasteiger partial charge in [-0.2, -0.15) is 0 Å². The minimum atomic E-state index is -0.288. The summed E-state index contributed by atoms with van der Waals surface area (Å²) in [4.78, 5) is 0. The Morgan fingerprint density at radius 3 is 2.23 bits per heavy atom. The van der Waals surface area contributed by atoms with Gasteiger partial charge in [-0.3, -0.25) is 0 Å². The molecule has 0 unspecified atom stereocenters. The van der Waals surface area contributed by atoms with Crippen LogP contribution >= 0.6 is 0 Å². The van der Waals surface area contributed by atoms with Crippen molar-refractivity contribution in [2.75, 3.05) is 0 Å². The van der Waals surface area contributed by atoms with E-state index in [0.29, 0.717) is 5.92 Å². The fourth-order valence-electron chi connectivity index (χ4n) is 2.02. The summed E-state index contributed by atoms with van der Waals surface area (Å²) in [6.45, 7) is 4.22. The van der Waals surface area contributed by atoms with Gasteiger partial charge in [-0.25, -0.2) is 0 Å². The normalized spacial score (nSPS) is 32.1. The van der Waals surface area contributed by atoms with Crippen molar-refractivity contribution in [1.82, 2.24) is 0 Å². The topological polar surface area (TPSA) is 20.2 Å². The van der Waals surface area contributed by atoms with Crippen LogP contribution in [0.4, 0.5) is 0 Å². The van der Waals surface area contributed by atoms with Crippen LogP contribution < -0.4 is 0 Å². The molecule has 1 rings (SSSR count). The van der Waals surface area contributed by atoms with Gasteiger partial charge in [0.25, 0.3) is 0 Å². The summed E-state index contributed by atoms with van der Waals surface area (Å²) in [6.07, 6.45) is 10.5. The largest absolute Gasteiger partial charge is 0.390 e. The molecule has 2 atom stereocenters. The zero-order valence-corrected chi connectivity index (χ0v) is 9.18. The second-order valence-corrected chi connectivity index (χ2v) is 4.81. The summed E-state index contributed by atoms with van der Waals surface area (Å²) >= 11 is 0. The third-order valence-electron chi connectivity index (χ3n) is 3.29. The Balaban J connectivity index is 1.80. The second kappa shape index (κ2) is 4.99. The number of aliphatic hydroxyl groups is 1. The fraction of sp³-hybridized carbons (Fsp3) is 1.00. The van der Waals surface area contributed by atoms with Crippen molar-refractivity contribution in [3.05, 3.63) is 0 Å². The standard InChI is InChI=1S/C12H24O/c1-3-4-5-6-7-8-9-11-10-12(11,2)13/h11,13H,3-10H2,1-2H3/t11-,12+/m0/s1. The molecule has 1 nitrogen and oxygen atoms in total. The molecule has 0 amide bonds. The van der Waals surface area contributed by atoms with Gasteiger partial charge in [-0.1, -0.05) is 45.4 Å². The van der Waals surface area contributed by atoms with Gasteiger partial charge in [0.15, 0.2) is 0 Å². The molecule has 0 radical (unpaired) electrons.